The second-order valence-corrected chi connectivity index (χ2v) is 4.05. The molecule has 1 aromatic rings. The normalized spacial score (nSPS) is 14.4. The molecule has 4 heteroatoms. The van der Waals surface area contributed by atoms with Gasteiger partial charge in [0.1, 0.15) is 18.2 Å². The van der Waals surface area contributed by atoms with Crippen LogP contribution in [0.1, 0.15) is 25.5 Å². The molecule has 1 rings (SSSR count). The van der Waals surface area contributed by atoms with Crippen molar-refractivity contribution in [1.82, 2.24) is 5.32 Å². The lowest BCUT2D eigenvalue weighted by atomic mass is 10.1. The molecule has 0 fully saturated rings. The van der Waals surface area contributed by atoms with E-state index in [1.54, 1.807) is 26.3 Å². The summed E-state index contributed by atoms with van der Waals surface area (Å²) in [5.41, 5.74) is 0.639. The summed E-state index contributed by atoms with van der Waals surface area (Å²) in [7, 11) is 3.42. The van der Waals surface area contributed by atoms with E-state index in [0.29, 0.717) is 17.9 Å². The van der Waals surface area contributed by atoms with Crippen LogP contribution in [0.25, 0.3) is 0 Å². The van der Waals surface area contributed by atoms with E-state index < -0.39 is 0 Å². The number of benzene rings is 1. The first-order valence-electron chi connectivity index (χ1n) is 5.70. The lowest BCUT2D eigenvalue weighted by molar-refractivity contribution is 0.0715. The summed E-state index contributed by atoms with van der Waals surface area (Å²) >= 11 is 0. The zero-order valence-corrected chi connectivity index (χ0v) is 10.8. The first kappa shape index (κ1) is 13.9. The minimum Gasteiger partial charge on any atom is -0.491 e. The fraction of sp³-hybridized carbons (Fsp3) is 0.538. The molecule has 0 heterocycles. The quantitative estimate of drug-likeness (QED) is 0.830. The zero-order valence-electron chi connectivity index (χ0n) is 10.8. The lowest BCUT2D eigenvalue weighted by Gasteiger charge is -2.14. The second kappa shape index (κ2) is 6.57. The number of hydrogen-bond acceptors (Lipinski definition) is 3. The van der Waals surface area contributed by atoms with Crippen LogP contribution in [0.2, 0.25) is 0 Å². The topological polar surface area (TPSA) is 30.5 Å². The molecule has 0 bridgehead atoms. The highest BCUT2D eigenvalue weighted by Gasteiger charge is 2.10. The van der Waals surface area contributed by atoms with Gasteiger partial charge in [0.15, 0.2) is 0 Å². The Morgan fingerprint density at radius 1 is 1.35 bits per heavy atom. The van der Waals surface area contributed by atoms with Gasteiger partial charge in [-0.1, -0.05) is 6.07 Å². The van der Waals surface area contributed by atoms with E-state index in [1.807, 2.05) is 13.8 Å². The molecule has 0 saturated heterocycles. The maximum absolute atomic E-state index is 13.7. The molecule has 0 spiro atoms. The molecular weight excluding hydrogens is 221 g/mol. The summed E-state index contributed by atoms with van der Waals surface area (Å²) in [5, 5.41) is 3.00. The van der Waals surface area contributed by atoms with Crippen molar-refractivity contribution in [2.45, 2.75) is 26.0 Å². The Balaban J connectivity index is 2.68. The van der Waals surface area contributed by atoms with Crippen molar-refractivity contribution >= 4 is 0 Å². The van der Waals surface area contributed by atoms with Crippen LogP contribution in [0, 0.1) is 5.82 Å². The van der Waals surface area contributed by atoms with E-state index in [-0.39, 0.29) is 18.0 Å². The number of hydrogen-bond donors (Lipinski definition) is 1. The number of nitrogens with one attached hydrogen (secondary N) is 1. The standard InChI is InChI=1S/C13H20FNO2/c1-9(16-4)8-17-11-5-6-12(10(2)15-3)13(14)7-11/h5-7,9-10,15H,8H2,1-4H3. The molecule has 0 aromatic heterocycles. The zero-order chi connectivity index (χ0) is 12.8. The summed E-state index contributed by atoms with van der Waals surface area (Å²) in [6.07, 6.45) is -0.00558. The minimum atomic E-state index is -0.255. The Labute approximate surface area is 102 Å². The van der Waals surface area contributed by atoms with Crippen molar-refractivity contribution in [3.8, 4) is 5.75 Å². The SMILES string of the molecule is CNC(C)c1ccc(OCC(C)OC)cc1F. The van der Waals surface area contributed by atoms with Gasteiger partial charge >= 0.3 is 0 Å². The van der Waals surface area contributed by atoms with Gasteiger partial charge in [-0.3, -0.25) is 0 Å². The predicted molar refractivity (Wildman–Crippen MR) is 65.8 cm³/mol. The largest absolute Gasteiger partial charge is 0.491 e. The maximum Gasteiger partial charge on any atom is 0.131 e. The summed E-state index contributed by atoms with van der Waals surface area (Å²) in [6.45, 7) is 4.22. The lowest BCUT2D eigenvalue weighted by Crippen LogP contribution is -2.16. The Morgan fingerprint density at radius 3 is 2.59 bits per heavy atom. The maximum atomic E-state index is 13.7. The highest BCUT2D eigenvalue weighted by Crippen LogP contribution is 2.21. The van der Waals surface area contributed by atoms with Crippen molar-refractivity contribution in [2.24, 2.45) is 0 Å². The van der Waals surface area contributed by atoms with E-state index in [4.69, 9.17) is 9.47 Å². The van der Waals surface area contributed by atoms with Crippen molar-refractivity contribution in [1.29, 1.82) is 0 Å². The van der Waals surface area contributed by atoms with E-state index >= 15 is 0 Å². The van der Waals surface area contributed by atoms with Crippen LogP contribution in [-0.2, 0) is 4.74 Å². The number of ether oxygens (including phenoxy) is 2. The van der Waals surface area contributed by atoms with Crippen molar-refractivity contribution in [3.63, 3.8) is 0 Å². The van der Waals surface area contributed by atoms with Gasteiger partial charge in [0, 0.05) is 24.8 Å². The first-order valence-corrected chi connectivity index (χ1v) is 5.70. The number of methoxy groups -OCH3 is 1. The molecule has 0 aliphatic carbocycles. The van der Waals surface area contributed by atoms with Gasteiger partial charge in [0.2, 0.25) is 0 Å². The average Bonchev–Trinajstić information content (AvgIpc) is 2.35. The smallest absolute Gasteiger partial charge is 0.131 e. The van der Waals surface area contributed by atoms with E-state index in [0.717, 1.165) is 0 Å². The monoisotopic (exact) mass is 241 g/mol. The Kier molecular flexibility index (Phi) is 5.38. The van der Waals surface area contributed by atoms with Crippen LogP contribution < -0.4 is 10.1 Å². The molecule has 2 atom stereocenters. The van der Waals surface area contributed by atoms with Crippen molar-refractivity contribution in [3.05, 3.63) is 29.6 Å². The molecule has 0 radical (unpaired) electrons. The van der Waals surface area contributed by atoms with Crippen LogP contribution >= 0.6 is 0 Å². The van der Waals surface area contributed by atoms with Crippen LogP contribution in [0.3, 0.4) is 0 Å². The summed E-state index contributed by atoms with van der Waals surface area (Å²) in [5.74, 6) is 0.271. The molecular formula is C13H20FNO2. The van der Waals surface area contributed by atoms with Crippen molar-refractivity contribution in [2.75, 3.05) is 20.8 Å². The molecule has 0 saturated carbocycles. The fourth-order valence-corrected chi connectivity index (χ4v) is 1.39. The third kappa shape index (κ3) is 3.98. The molecule has 0 amide bonds. The van der Waals surface area contributed by atoms with Gasteiger partial charge in [-0.05, 0) is 27.0 Å². The van der Waals surface area contributed by atoms with Crippen LogP contribution in [0.15, 0.2) is 18.2 Å². The van der Waals surface area contributed by atoms with E-state index in [9.17, 15) is 4.39 Å². The minimum absolute atomic E-state index is 0.00558. The molecule has 96 valence electrons. The van der Waals surface area contributed by atoms with Gasteiger partial charge in [-0.25, -0.2) is 4.39 Å². The third-order valence-electron chi connectivity index (χ3n) is 2.76. The highest BCUT2D eigenvalue weighted by atomic mass is 19.1. The van der Waals surface area contributed by atoms with Gasteiger partial charge in [-0.15, -0.1) is 0 Å². The third-order valence-corrected chi connectivity index (χ3v) is 2.76. The summed E-state index contributed by atoms with van der Waals surface area (Å²) in [6, 6.07) is 4.91. The molecule has 0 aliphatic rings. The fourth-order valence-electron chi connectivity index (χ4n) is 1.39. The second-order valence-electron chi connectivity index (χ2n) is 4.05. The van der Waals surface area contributed by atoms with Gasteiger partial charge in [-0.2, -0.15) is 0 Å². The van der Waals surface area contributed by atoms with Crippen LogP contribution in [-0.4, -0.2) is 26.9 Å². The van der Waals surface area contributed by atoms with Crippen LogP contribution in [0.4, 0.5) is 4.39 Å². The summed E-state index contributed by atoms with van der Waals surface area (Å²) in [4.78, 5) is 0. The molecule has 1 aromatic carbocycles. The van der Waals surface area contributed by atoms with Gasteiger partial charge < -0.3 is 14.8 Å². The predicted octanol–water partition coefficient (Wildman–Crippen LogP) is 2.52. The highest BCUT2D eigenvalue weighted by molar-refractivity contribution is 5.30. The van der Waals surface area contributed by atoms with Crippen LogP contribution in [0.5, 0.6) is 5.75 Å². The summed E-state index contributed by atoms with van der Waals surface area (Å²) < 4.78 is 24.2. The number of rotatable bonds is 6. The average molecular weight is 241 g/mol. The molecule has 1 N–H and O–H groups in total. The van der Waals surface area contributed by atoms with Gasteiger partial charge in [0.05, 0.1) is 6.10 Å². The Bertz CT molecular complexity index is 357. The first-order chi connectivity index (χ1) is 8.08. The molecule has 0 aliphatic heterocycles. The molecule has 17 heavy (non-hydrogen) atoms. The Hall–Kier alpha value is -1.13. The van der Waals surface area contributed by atoms with E-state index in [2.05, 4.69) is 5.32 Å². The number of halogens is 1. The van der Waals surface area contributed by atoms with E-state index in [1.165, 1.54) is 6.07 Å². The molecule has 3 nitrogen and oxygen atoms in total. The molecule has 2 unspecified atom stereocenters. The van der Waals surface area contributed by atoms with Gasteiger partial charge in [0.25, 0.3) is 0 Å². The van der Waals surface area contributed by atoms with Crippen molar-refractivity contribution < 1.29 is 13.9 Å². The Morgan fingerprint density at radius 2 is 2.06 bits per heavy atom.